The molecule has 0 bridgehead atoms. The maximum absolute atomic E-state index is 5.36. The fourth-order valence-corrected chi connectivity index (χ4v) is 0.631. The molecule has 66 valence electrons. The lowest BCUT2D eigenvalue weighted by Gasteiger charge is -2.11. The van der Waals surface area contributed by atoms with Crippen molar-refractivity contribution in [2.75, 3.05) is 6.61 Å². The zero-order chi connectivity index (χ0) is 8.85. The summed E-state index contributed by atoms with van der Waals surface area (Å²) in [6.07, 6.45) is 0.983. The molecule has 0 spiro atoms. The first kappa shape index (κ1) is 10.8. The number of thiocarbonyl (C=S) groups is 1. The molecule has 0 amide bonds. The van der Waals surface area contributed by atoms with E-state index in [0.29, 0.717) is 10.9 Å². The molecule has 0 aromatic carbocycles. The topological polar surface area (TPSA) is 35.2 Å². The number of hydrogen-bond donors (Lipinski definition) is 1. The Morgan fingerprint density at radius 3 is 2.36 bits per heavy atom. The van der Waals surface area contributed by atoms with E-state index in [1.807, 2.05) is 6.92 Å². The summed E-state index contributed by atoms with van der Waals surface area (Å²) < 4.78 is 5.35. The molecule has 0 saturated carbocycles. The fourth-order valence-electron chi connectivity index (χ4n) is 0.563. The minimum absolute atomic E-state index is 0.0799. The third-order valence-electron chi connectivity index (χ3n) is 1.46. The first-order chi connectivity index (χ1) is 5.04. The Hall–Kier alpha value is -0.150. The molecule has 0 radical (unpaired) electrons. The van der Waals surface area contributed by atoms with Gasteiger partial charge in [0.2, 0.25) is 0 Å². The van der Waals surface area contributed by atoms with E-state index in [9.17, 15) is 0 Å². The van der Waals surface area contributed by atoms with Crippen LogP contribution in [-0.2, 0) is 4.74 Å². The molecule has 0 aliphatic carbocycles. The molecule has 0 fully saturated rings. The minimum atomic E-state index is -0.0799. The van der Waals surface area contributed by atoms with Gasteiger partial charge < -0.3 is 10.5 Å². The smallest absolute Gasteiger partial charge is 0.104 e. The SMILES string of the molecule is CC(C)CCOC(C)C(N)=S. The molecule has 0 saturated heterocycles. The Morgan fingerprint density at radius 2 is 2.00 bits per heavy atom. The lowest BCUT2D eigenvalue weighted by Crippen LogP contribution is -2.26. The van der Waals surface area contributed by atoms with Crippen LogP contribution in [0.1, 0.15) is 27.2 Å². The van der Waals surface area contributed by atoms with Crippen LogP contribution in [-0.4, -0.2) is 17.7 Å². The van der Waals surface area contributed by atoms with E-state index >= 15 is 0 Å². The summed E-state index contributed by atoms with van der Waals surface area (Å²) in [6, 6.07) is 0. The zero-order valence-electron chi connectivity index (χ0n) is 7.46. The Morgan fingerprint density at radius 1 is 1.45 bits per heavy atom. The van der Waals surface area contributed by atoms with Crippen molar-refractivity contribution in [1.82, 2.24) is 0 Å². The van der Waals surface area contributed by atoms with E-state index in [1.165, 1.54) is 0 Å². The van der Waals surface area contributed by atoms with Gasteiger partial charge >= 0.3 is 0 Å². The number of hydrogen-bond acceptors (Lipinski definition) is 2. The van der Waals surface area contributed by atoms with Crippen LogP contribution in [0.3, 0.4) is 0 Å². The van der Waals surface area contributed by atoms with Gasteiger partial charge in [0.25, 0.3) is 0 Å². The van der Waals surface area contributed by atoms with E-state index < -0.39 is 0 Å². The predicted octanol–water partition coefficient (Wildman–Crippen LogP) is 1.72. The molecule has 0 aliphatic rings. The molecule has 0 heterocycles. The van der Waals surface area contributed by atoms with Crippen molar-refractivity contribution in [3.63, 3.8) is 0 Å². The van der Waals surface area contributed by atoms with Crippen molar-refractivity contribution in [3.05, 3.63) is 0 Å². The Labute approximate surface area is 74.1 Å². The second-order valence-corrected chi connectivity index (χ2v) is 3.57. The molecular weight excluding hydrogens is 158 g/mol. The van der Waals surface area contributed by atoms with Gasteiger partial charge in [-0.3, -0.25) is 0 Å². The fraction of sp³-hybridized carbons (Fsp3) is 0.875. The number of ether oxygens (including phenoxy) is 1. The maximum atomic E-state index is 5.36. The quantitative estimate of drug-likeness (QED) is 0.646. The molecule has 0 rings (SSSR count). The Balaban J connectivity index is 3.31. The maximum Gasteiger partial charge on any atom is 0.104 e. The standard InChI is InChI=1S/C8H17NOS/c1-6(2)4-5-10-7(3)8(9)11/h6-7H,4-5H2,1-3H3,(H2,9,11). The Bertz CT molecular complexity index is 125. The summed E-state index contributed by atoms with van der Waals surface area (Å²) in [5, 5.41) is 0. The third kappa shape index (κ3) is 6.26. The summed E-state index contributed by atoms with van der Waals surface area (Å²) in [6.45, 7) is 6.95. The number of nitrogens with two attached hydrogens (primary N) is 1. The first-order valence-electron chi connectivity index (χ1n) is 3.95. The molecule has 0 aromatic rings. The van der Waals surface area contributed by atoms with E-state index in [2.05, 4.69) is 13.8 Å². The van der Waals surface area contributed by atoms with Gasteiger partial charge in [0, 0.05) is 6.61 Å². The van der Waals surface area contributed by atoms with Gasteiger partial charge in [0.05, 0.1) is 0 Å². The molecular formula is C8H17NOS. The van der Waals surface area contributed by atoms with Crippen molar-refractivity contribution < 1.29 is 4.74 Å². The van der Waals surface area contributed by atoms with Crippen LogP contribution in [0.15, 0.2) is 0 Å². The summed E-state index contributed by atoms with van der Waals surface area (Å²) >= 11 is 4.75. The van der Waals surface area contributed by atoms with E-state index in [-0.39, 0.29) is 6.10 Å². The zero-order valence-corrected chi connectivity index (χ0v) is 8.28. The molecule has 0 aromatic heterocycles. The Kier molecular flexibility index (Phi) is 5.42. The second-order valence-electron chi connectivity index (χ2n) is 3.10. The summed E-state index contributed by atoms with van der Waals surface area (Å²) in [5.41, 5.74) is 5.36. The average molecular weight is 175 g/mol. The lowest BCUT2D eigenvalue weighted by atomic mass is 10.1. The predicted molar refractivity (Wildman–Crippen MR) is 51.7 cm³/mol. The molecule has 3 heteroatoms. The summed E-state index contributed by atoms with van der Waals surface area (Å²) in [7, 11) is 0. The van der Waals surface area contributed by atoms with Crippen molar-refractivity contribution >= 4 is 17.2 Å². The highest BCUT2D eigenvalue weighted by Gasteiger charge is 2.04. The van der Waals surface area contributed by atoms with Crippen molar-refractivity contribution in [3.8, 4) is 0 Å². The molecule has 2 N–H and O–H groups in total. The van der Waals surface area contributed by atoms with Gasteiger partial charge in [-0.05, 0) is 19.3 Å². The van der Waals surface area contributed by atoms with Crippen LogP contribution in [0.5, 0.6) is 0 Å². The summed E-state index contributed by atoms with van der Waals surface area (Å²) in [4.78, 5) is 0.439. The van der Waals surface area contributed by atoms with Crippen molar-refractivity contribution in [2.24, 2.45) is 11.7 Å². The molecule has 11 heavy (non-hydrogen) atoms. The van der Waals surface area contributed by atoms with E-state index in [4.69, 9.17) is 22.7 Å². The van der Waals surface area contributed by atoms with Gasteiger partial charge in [-0.15, -0.1) is 0 Å². The van der Waals surface area contributed by atoms with Crippen LogP contribution in [0.25, 0.3) is 0 Å². The van der Waals surface area contributed by atoms with Gasteiger partial charge in [0.15, 0.2) is 0 Å². The highest BCUT2D eigenvalue weighted by atomic mass is 32.1. The van der Waals surface area contributed by atoms with Crippen LogP contribution < -0.4 is 5.73 Å². The largest absolute Gasteiger partial charge is 0.391 e. The van der Waals surface area contributed by atoms with Crippen LogP contribution in [0, 0.1) is 5.92 Å². The molecule has 2 nitrogen and oxygen atoms in total. The van der Waals surface area contributed by atoms with Gasteiger partial charge in [-0.1, -0.05) is 26.1 Å². The first-order valence-corrected chi connectivity index (χ1v) is 4.35. The van der Waals surface area contributed by atoms with Gasteiger partial charge in [-0.25, -0.2) is 0 Å². The highest BCUT2D eigenvalue weighted by Crippen LogP contribution is 2.01. The van der Waals surface area contributed by atoms with Crippen LogP contribution in [0.2, 0.25) is 0 Å². The number of rotatable bonds is 5. The van der Waals surface area contributed by atoms with Crippen molar-refractivity contribution in [1.29, 1.82) is 0 Å². The second kappa shape index (κ2) is 5.49. The van der Waals surface area contributed by atoms with Crippen molar-refractivity contribution in [2.45, 2.75) is 33.3 Å². The van der Waals surface area contributed by atoms with Gasteiger partial charge in [-0.2, -0.15) is 0 Å². The van der Waals surface area contributed by atoms with E-state index in [0.717, 1.165) is 13.0 Å². The molecule has 0 aliphatic heterocycles. The highest BCUT2D eigenvalue weighted by molar-refractivity contribution is 7.80. The third-order valence-corrected chi connectivity index (χ3v) is 1.80. The normalized spacial score (nSPS) is 13.5. The average Bonchev–Trinajstić information content (AvgIpc) is 1.86. The molecule has 1 unspecified atom stereocenters. The summed E-state index contributed by atoms with van der Waals surface area (Å²) in [5.74, 6) is 0.675. The van der Waals surface area contributed by atoms with E-state index in [1.54, 1.807) is 0 Å². The monoisotopic (exact) mass is 175 g/mol. The minimum Gasteiger partial charge on any atom is -0.391 e. The van der Waals surface area contributed by atoms with Gasteiger partial charge in [0.1, 0.15) is 11.1 Å². The molecule has 1 atom stereocenters. The lowest BCUT2D eigenvalue weighted by molar-refractivity contribution is 0.101. The van der Waals surface area contributed by atoms with Crippen LogP contribution in [0.4, 0.5) is 0 Å². The van der Waals surface area contributed by atoms with Crippen LogP contribution >= 0.6 is 12.2 Å².